The van der Waals surface area contributed by atoms with E-state index in [1.165, 1.54) is 0 Å². The summed E-state index contributed by atoms with van der Waals surface area (Å²) in [5, 5.41) is 20.8. The first-order chi connectivity index (χ1) is 11.3. The van der Waals surface area contributed by atoms with Crippen LogP contribution in [0.4, 0.5) is 0 Å². The van der Waals surface area contributed by atoms with E-state index in [0.29, 0.717) is 18.3 Å². The number of aliphatic hydroxyl groups is 2. The molecular weight excluding hydrogens is 304 g/mol. The van der Waals surface area contributed by atoms with E-state index in [1.807, 2.05) is 0 Å². The zero-order valence-corrected chi connectivity index (χ0v) is 15.1. The molecule has 0 amide bonds. The lowest BCUT2D eigenvalue weighted by Crippen LogP contribution is -2.50. The molecule has 1 heterocycles. The Hall–Kier alpha value is -0.610. The molecule has 3 unspecified atom stereocenters. The van der Waals surface area contributed by atoms with Crippen molar-refractivity contribution in [3.05, 3.63) is 0 Å². The van der Waals surface area contributed by atoms with E-state index in [4.69, 9.17) is 4.74 Å². The first-order valence-electron chi connectivity index (χ1n) is 9.93. The van der Waals surface area contributed by atoms with Gasteiger partial charge in [-0.2, -0.15) is 0 Å². The van der Waals surface area contributed by atoms with Gasteiger partial charge in [0.05, 0.1) is 5.41 Å². The Morgan fingerprint density at radius 2 is 1.96 bits per heavy atom. The first-order valence-corrected chi connectivity index (χ1v) is 9.93. The number of cyclic esters (lactones) is 1. The topological polar surface area (TPSA) is 66.8 Å². The number of esters is 1. The van der Waals surface area contributed by atoms with Gasteiger partial charge in [-0.15, -0.1) is 0 Å². The molecule has 4 rings (SSSR count). The fraction of sp³-hybridized carbons (Fsp3) is 0.950. The number of hydrogen-bond acceptors (Lipinski definition) is 4. The molecule has 1 spiro atoms. The molecular formula is C20H32O4. The van der Waals surface area contributed by atoms with E-state index in [9.17, 15) is 15.0 Å². The minimum Gasteiger partial charge on any atom is -0.462 e. The maximum absolute atomic E-state index is 11.9. The van der Waals surface area contributed by atoms with E-state index in [0.717, 1.165) is 57.8 Å². The zero-order chi connectivity index (χ0) is 17.2. The van der Waals surface area contributed by atoms with Crippen LogP contribution in [0.1, 0.15) is 78.1 Å². The van der Waals surface area contributed by atoms with Crippen LogP contribution in [-0.2, 0) is 9.53 Å². The van der Waals surface area contributed by atoms with E-state index in [2.05, 4.69) is 13.8 Å². The second kappa shape index (κ2) is 5.44. The summed E-state index contributed by atoms with van der Waals surface area (Å²) in [5.41, 5.74) is -0.0413. The van der Waals surface area contributed by atoms with Gasteiger partial charge < -0.3 is 14.9 Å². The predicted molar refractivity (Wildman–Crippen MR) is 89.9 cm³/mol. The van der Waals surface area contributed by atoms with E-state index < -0.39 is 5.79 Å². The Kier molecular flexibility index (Phi) is 3.82. The van der Waals surface area contributed by atoms with Crippen LogP contribution in [0.3, 0.4) is 0 Å². The normalized spacial score (nSPS) is 43.5. The summed E-state index contributed by atoms with van der Waals surface area (Å²) in [6.07, 6.45) is 9.70. The molecule has 0 aromatic carbocycles. The van der Waals surface area contributed by atoms with Crippen LogP contribution in [-0.4, -0.2) is 28.1 Å². The molecule has 3 aliphatic carbocycles. The Bertz CT molecular complexity index is 524. The van der Waals surface area contributed by atoms with Gasteiger partial charge in [-0.05, 0) is 68.6 Å². The van der Waals surface area contributed by atoms with Crippen molar-refractivity contribution < 1.29 is 19.7 Å². The van der Waals surface area contributed by atoms with Crippen LogP contribution in [0, 0.1) is 28.6 Å². The highest BCUT2D eigenvalue weighted by Gasteiger charge is 2.59. The molecule has 1 aliphatic heterocycles. The molecule has 4 fully saturated rings. The standard InChI is InChI=1S/C20H32O4/c1-13(4-5-14-12-19(10-11-19)17(21)24-14)15-6-7-16-18(15,2)8-3-9-20(16,22)23/h13-16,22-23H,3-12H2,1-2H3/t13?,14?,15-,16?,18-/m1/s1. The smallest absolute Gasteiger partial charge is 0.312 e. The van der Waals surface area contributed by atoms with E-state index in [-0.39, 0.29) is 28.8 Å². The summed E-state index contributed by atoms with van der Waals surface area (Å²) >= 11 is 0. The largest absolute Gasteiger partial charge is 0.462 e. The molecule has 24 heavy (non-hydrogen) atoms. The van der Waals surface area contributed by atoms with Crippen molar-refractivity contribution in [2.24, 2.45) is 28.6 Å². The summed E-state index contributed by atoms with van der Waals surface area (Å²) in [6, 6.07) is 0. The van der Waals surface area contributed by atoms with Crippen molar-refractivity contribution in [2.45, 2.75) is 89.9 Å². The van der Waals surface area contributed by atoms with Gasteiger partial charge in [0.25, 0.3) is 0 Å². The SMILES string of the molecule is CC(CCC1CC2(CC2)C(=O)O1)[C@H]1CCC2C(O)(O)CCC[C@@]21C. The van der Waals surface area contributed by atoms with Gasteiger partial charge in [-0.1, -0.05) is 13.8 Å². The monoisotopic (exact) mass is 336 g/mol. The zero-order valence-electron chi connectivity index (χ0n) is 15.1. The molecule has 0 aromatic rings. The number of ether oxygens (including phenoxy) is 1. The van der Waals surface area contributed by atoms with Crippen molar-refractivity contribution in [1.82, 2.24) is 0 Å². The molecule has 0 bridgehead atoms. The number of fused-ring (bicyclic) bond motifs is 1. The third-order valence-electron chi connectivity index (χ3n) is 8.04. The maximum atomic E-state index is 11.9. The third kappa shape index (κ3) is 2.52. The quantitative estimate of drug-likeness (QED) is 0.610. The lowest BCUT2D eigenvalue weighted by molar-refractivity contribution is -0.245. The molecule has 4 nitrogen and oxygen atoms in total. The second-order valence-electron chi connectivity index (χ2n) is 9.54. The van der Waals surface area contributed by atoms with Gasteiger partial charge in [-0.25, -0.2) is 0 Å². The Balaban J connectivity index is 1.37. The lowest BCUT2D eigenvalue weighted by atomic mass is 9.60. The average molecular weight is 336 g/mol. The maximum Gasteiger partial charge on any atom is 0.312 e. The van der Waals surface area contributed by atoms with Crippen LogP contribution in [0.5, 0.6) is 0 Å². The van der Waals surface area contributed by atoms with Crippen molar-refractivity contribution in [3.8, 4) is 0 Å². The van der Waals surface area contributed by atoms with Gasteiger partial charge in [0.1, 0.15) is 6.10 Å². The van der Waals surface area contributed by atoms with Crippen molar-refractivity contribution >= 4 is 5.97 Å². The fourth-order valence-electron chi connectivity index (χ4n) is 6.43. The lowest BCUT2D eigenvalue weighted by Gasteiger charge is -2.48. The predicted octanol–water partition coefficient (Wildman–Crippen LogP) is 3.40. The Labute approximate surface area is 145 Å². The highest BCUT2D eigenvalue weighted by Crippen LogP contribution is 2.61. The first kappa shape index (κ1) is 16.8. The van der Waals surface area contributed by atoms with Gasteiger partial charge in [-0.3, -0.25) is 4.79 Å². The fourth-order valence-corrected chi connectivity index (χ4v) is 6.43. The number of hydrogen-bond donors (Lipinski definition) is 2. The average Bonchev–Trinajstić information content (AvgIpc) is 3.08. The van der Waals surface area contributed by atoms with Crippen LogP contribution in [0.25, 0.3) is 0 Å². The van der Waals surface area contributed by atoms with Crippen molar-refractivity contribution in [1.29, 1.82) is 0 Å². The van der Waals surface area contributed by atoms with E-state index >= 15 is 0 Å². The van der Waals surface area contributed by atoms with Gasteiger partial charge >= 0.3 is 5.97 Å². The molecule has 4 aliphatic rings. The van der Waals surface area contributed by atoms with Gasteiger partial charge in [0.2, 0.25) is 0 Å². The highest BCUT2D eigenvalue weighted by molar-refractivity contribution is 5.81. The van der Waals surface area contributed by atoms with Crippen molar-refractivity contribution in [3.63, 3.8) is 0 Å². The molecule has 0 aromatic heterocycles. The Morgan fingerprint density at radius 1 is 1.21 bits per heavy atom. The van der Waals surface area contributed by atoms with Crippen LogP contribution >= 0.6 is 0 Å². The molecule has 2 N–H and O–H groups in total. The highest BCUT2D eigenvalue weighted by atomic mass is 16.6. The van der Waals surface area contributed by atoms with Crippen molar-refractivity contribution in [2.75, 3.05) is 0 Å². The van der Waals surface area contributed by atoms with Crippen LogP contribution in [0.2, 0.25) is 0 Å². The summed E-state index contributed by atoms with van der Waals surface area (Å²) in [5.74, 6) is -0.311. The van der Waals surface area contributed by atoms with E-state index in [1.54, 1.807) is 0 Å². The summed E-state index contributed by atoms with van der Waals surface area (Å²) in [7, 11) is 0. The third-order valence-corrected chi connectivity index (χ3v) is 8.04. The molecule has 5 atom stereocenters. The second-order valence-corrected chi connectivity index (χ2v) is 9.54. The molecule has 4 heteroatoms. The summed E-state index contributed by atoms with van der Waals surface area (Å²) < 4.78 is 5.60. The number of carbonyl (C=O) groups excluding carboxylic acids is 1. The number of carbonyl (C=O) groups is 1. The minimum atomic E-state index is -1.47. The molecule has 3 saturated carbocycles. The number of rotatable bonds is 4. The van der Waals surface area contributed by atoms with Gasteiger partial charge in [0.15, 0.2) is 5.79 Å². The van der Waals surface area contributed by atoms with Crippen LogP contribution < -0.4 is 0 Å². The summed E-state index contributed by atoms with van der Waals surface area (Å²) in [6.45, 7) is 4.59. The molecule has 136 valence electrons. The minimum absolute atomic E-state index is 0.0187. The molecule has 0 radical (unpaired) electrons. The molecule has 1 saturated heterocycles. The Morgan fingerprint density at radius 3 is 2.62 bits per heavy atom. The summed E-state index contributed by atoms with van der Waals surface area (Å²) in [4.78, 5) is 11.9. The van der Waals surface area contributed by atoms with Crippen LogP contribution in [0.15, 0.2) is 0 Å². The van der Waals surface area contributed by atoms with Gasteiger partial charge in [0, 0.05) is 18.8 Å².